The first kappa shape index (κ1) is 13.2. The molecule has 0 saturated carbocycles. The Kier molecular flexibility index (Phi) is 6.16. The minimum absolute atomic E-state index is 0.0119. The number of carbonyl (C=O) groups is 1. The van der Waals surface area contributed by atoms with E-state index in [1.165, 1.54) is 19.3 Å². The molecule has 0 heterocycles. The first-order chi connectivity index (χ1) is 7.74. The molecule has 0 aliphatic heterocycles. The third kappa shape index (κ3) is 4.79. The number of halogens is 1. The molecule has 1 aromatic carbocycles. The van der Waals surface area contributed by atoms with Crippen molar-refractivity contribution < 1.29 is 4.79 Å². The van der Waals surface area contributed by atoms with E-state index in [0.717, 1.165) is 17.4 Å². The van der Waals surface area contributed by atoms with Gasteiger partial charge in [0, 0.05) is 16.6 Å². The number of unbranched alkanes of at least 4 members (excludes halogenated alkanes) is 3. The molecule has 0 atom stereocenters. The zero-order chi connectivity index (χ0) is 11.8. The summed E-state index contributed by atoms with van der Waals surface area (Å²) in [5.74, 6) is 0.0119. The number of hydrogen-bond donors (Lipinski definition) is 1. The summed E-state index contributed by atoms with van der Waals surface area (Å²) >= 11 is 3.35. The molecule has 0 saturated heterocycles. The van der Waals surface area contributed by atoms with Gasteiger partial charge >= 0.3 is 0 Å². The van der Waals surface area contributed by atoms with Crippen molar-refractivity contribution in [3.63, 3.8) is 0 Å². The van der Waals surface area contributed by atoms with Crippen LogP contribution in [-0.4, -0.2) is 12.5 Å². The Balaban J connectivity index is 2.30. The molecule has 2 nitrogen and oxygen atoms in total. The average Bonchev–Trinajstić information content (AvgIpc) is 2.28. The molecule has 1 rings (SSSR count). The van der Waals surface area contributed by atoms with Crippen LogP contribution in [0, 0.1) is 0 Å². The van der Waals surface area contributed by atoms with Crippen LogP contribution in [0.2, 0.25) is 0 Å². The van der Waals surface area contributed by atoms with Crippen molar-refractivity contribution in [1.82, 2.24) is 5.32 Å². The third-order valence-corrected chi connectivity index (χ3v) is 2.90. The fourth-order valence-electron chi connectivity index (χ4n) is 1.49. The van der Waals surface area contributed by atoms with Crippen LogP contribution in [0.3, 0.4) is 0 Å². The Morgan fingerprint density at radius 2 is 2.12 bits per heavy atom. The zero-order valence-electron chi connectivity index (χ0n) is 9.63. The van der Waals surface area contributed by atoms with Crippen molar-refractivity contribution in [3.8, 4) is 0 Å². The second-order valence-electron chi connectivity index (χ2n) is 3.83. The number of rotatable bonds is 6. The van der Waals surface area contributed by atoms with Crippen LogP contribution in [-0.2, 0) is 0 Å². The molecule has 0 radical (unpaired) electrons. The lowest BCUT2D eigenvalue weighted by Gasteiger charge is -2.05. The molecule has 0 fully saturated rings. The largest absolute Gasteiger partial charge is 0.352 e. The van der Waals surface area contributed by atoms with Gasteiger partial charge in [-0.15, -0.1) is 0 Å². The fourth-order valence-corrected chi connectivity index (χ4v) is 1.88. The summed E-state index contributed by atoms with van der Waals surface area (Å²) in [6.45, 7) is 2.95. The van der Waals surface area contributed by atoms with Gasteiger partial charge in [0.15, 0.2) is 0 Å². The van der Waals surface area contributed by atoms with Crippen LogP contribution in [0.25, 0.3) is 0 Å². The predicted octanol–water partition coefficient (Wildman–Crippen LogP) is 3.76. The lowest BCUT2D eigenvalue weighted by molar-refractivity contribution is 0.0953. The maximum Gasteiger partial charge on any atom is 0.251 e. The van der Waals surface area contributed by atoms with Crippen LogP contribution in [0.15, 0.2) is 28.7 Å². The summed E-state index contributed by atoms with van der Waals surface area (Å²) in [7, 11) is 0. The normalized spacial score (nSPS) is 10.1. The molecule has 0 aliphatic rings. The lowest BCUT2D eigenvalue weighted by Crippen LogP contribution is -2.24. The minimum Gasteiger partial charge on any atom is -0.352 e. The number of hydrogen-bond acceptors (Lipinski definition) is 1. The Morgan fingerprint density at radius 1 is 1.31 bits per heavy atom. The standard InChI is InChI=1S/C13H18BrNO/c1-2-3-4-5-9-15-13(16)11-7-6-8-12(14)10-11/h6-8,10H,2-5,9H2,1H3,(H,15,16). The molecule has 1 amide bonds. The van der Waals surface area contributed by atoms with E-state index in [4.69, 9.17) is 0 Å². The van der Waals surface area contributed by atoms with E-state index in [9.17, 15) is 4.79 Å². The first-order valence-electron chi connectivity index (χ1n) is 5.78. The Morgan fingerprint density at radius 3 is 2.81 bits per heavy atom. The van der Waals surface area contributed by atoms with Gasteiger partial charge in [-0.3, -0.25) is 4.79 Å². The van der Waals surface area contributed by atoms with Crippen LogP contribution in [0.5, 0.6) is 0 Å². The molecule has 3 heteroatoms. The highest BCUT2D eigenvalue weighted by atomic mass is 79.9. The maximum absolute atomic E-state index is 11.7. The van der Waals surface area contributed by atoms with E-state index < -0.39 is 0 Å². The minimum atomic E-state index is 0.0119. The fraction of sp³-hybridized carbons (Fsp3) is 0.462. The quantitative estimate of drug-likeness (QED) is 0.792. The number of carbonyl (C=O) groups excluding carboxylic acids is 1. The van der Waals surface area contributed by atoms with Gasteiger partial charge in [0.2, 0.25) is 0 Å². The number of amides is 1. The number of nitrogens with one attached hydrogen (secondary N) is 1. The molecule has 0 aliphatic carbocycles. The predicted molar refractivity (Wildman–Crippen MR) is 70.6 cm³/mol. The molecule has 16 heavy (non-hydrogen) atoms. The molecule has 0 aromatic heterocycles. The molecular weight excluding hydrogens is 266 g/mol. The van der Waals surface area contributed by atoms with Gasteiger partial charge in [-0.2, -0.15) is 0 Å². The van der Waals surface area contributed by atoms with Gasteiger partial charge in [-0.25, -0.2) is 0 Å². The Labute approximate surface area is 106 Å². The van der Waals surface area contributed by atoms with Crippen molar-refractivity contribution in [2.75, 3.05) is 6.54 Å². The van der Waals surface area contributed by atoms with Crippen molar-refractivity contribution >= 4 is 21.8 Å². The highest BCUT2D eigenvalue weighted by Gasteiger charge is 2.03. The zero-order valence-corrected chi connectivity index (χ0v) is 11.2. The van der Waals surface area contributed by atoms with Gasteiger partial charge < -0.3 is 5.32 Å². The van der Waals surface area contributed by atoms with Crippen molar-refractivity contribution in [2.45, 2.75) is 32.6 Å². The average molecular weight is 284 g/mol. The van der Waals surface area contributed by atoms with Gasteiger partial charge in [0.1, 0.15) is 0 Å². The van der Waals surface area contributed by atoms with Gasteiger partial charge in [-0.1, -0.05) is 48.2 Å². The van der Waals surface area contributed by atoms with E-state index in [-0.39, 0.29) is 5.91 Å². The van der Waals surface area contributed by atoms with Crippen molar-refractivity contribution in [3.05, 3.63) is 34.3 Å². The molecule has 1 aromatic rings. The van der Waals surface area contributed by atoms with E-state index >= 15 is 0 Å². The van der Waals surface area contributed by atoms with Crippen molar-refractivity contribution in [1.29, 1.82) is 0 Å². The molecule has 1 N–H and O–H groups in total. The summed E-state index contributed by atoms with van der Waals surface area (Å²) in [6, 6.07) is 7.45. The smallest absolute Gasteiger partial charge is 0.251 e. The van der Waals surface area contributed by atoms with E-state index in [0.29, 0.717) is 5.56 Å². The SMILES string of the molecule is CCCCCCNC(=O)c1cccc(Br)c1. The van der Waals surface area contributed by atoms with E-state index in [1.54, 1.807) is 0 Å². The summed E-state index contributed by atoms with van der Waals surface area (Å²) in [6.07, 6.45) is 4.72. The first-order valence-corrected chi connectivity index (χ1v) is 6.57. The molecule has 0 bridgehead atoms. The Hall–Kier alpha value is -0.830. The van der Waals surface area contributed by atoms with E-state index in [2.05, 4.69) is 28.2 Å². The summed E-state index contributed by atoms with van der Waals surface area (Å²) in [5.41, 5.74) is 0.713. The van der Waals surface area contributed by atoms with Crippen LogP contribution < -0.4 is 5.32 Å². The van der Waals surface area contributed by atoms with Crippen molar-refractivity contribution in [2.24, 2.45) is 0 Å². The third-order valence-electron chi connectivity index (χ3n) is 2.40. The Bertz CT molecular complexity index is 338. The molecular formula is C13H18BrNO. The summed E-state index contributed by atoms with van der Waals surface area (Å²) in [4.78, 5) is 11.7. The second-order valence-corrected chi connectivity index (χ2v) is 4.74. The summed E-state index contributed by atoms with van der Waals surface area (Å²) < 4.78 is 0.936. The second kappa shape index (κ2) is 7.44. The maximum atomic E-state index is 11.7. The molecule has 0 unspecified atom stereocenters. The topological polar surface area (TPSA) is 29.1 Å². The molecule has 88 valence electrons. The molecule has 0 spiro atoms. The van der Waals surface area contributed by atoms with E-state index in [1.807, 2.05) is 24.3 Å². The van der Waals surface area contributed by atoms with Gasteiger partial charge in [-0.05, 0) is 24.6 Å². The van der Waals surface area contributed by atoms with Gasteiger partial charge in [0.05, 0.1) is 0 Å². The summed E-state index contributed by atoms with van der Waals surface area (Å²) in [5, 5.41) is 2.93. The van der Waals surface area contributed by atoms with Gasteiger partial charge in [0.25, 0.3) is 5.91 Å². The monoisotopic (exact) mass is 283 g/mol. The number of benzene rings is 1. The lowest BCUT2D eigenvalue weighted by atomic mass is 10.2. The highest BCUT2D eigenvalue weighted by molar-refractivity contribution is 9.10. The van der Waals surface area contributed by atoms with Crippen LogP contribution in [0.4, 0.5) is 0 Å². The van der Waals surface area contributed by atoms with Crippen LogP contribution >= 0.6 is 15.9 Å². The highest BCUT2D eigenvalue weighted by Crippen LogP contribution is 2.11. The van der Waals surface area contributed by atoms with Crippen LogP contribution in [0.1, 0.15) is 43.0 Å².